The number of nitrogens with zero attached hydrogens (tertiary/aromatic N) is 1. The molecular weight excluding hydrogens is 298 g/mol. The predicted octanol–water partition coefficient (Wildman–Crippen LogP) is 4.21. The van der Waals surface area contributed by atoms with E-state index < -0.39 is 0 Å². The van der Waals surface area contributed by atoms with Crippen molar-refractivity contribution in [1.82, 2.24) is 10.3 Å². The highest BCUT2D eigenvalue weighted by Crippen LogP contribution is 2.40. The Balaban J connectivity index is 1.71. The maximum atomic E-state index is 5.49. The lowest BCUT2D eigenvalue weighted by Gasteiger charge is -2.30. The number of rotatable bonds is 3. The van der Waals surface area contributed by atoms with Crippen LogP contribution in [0.4, 0.5) is 5.82 Å². The van der Waals surface area contributed by atoms with Crippen molar-refractivity contribution in [3.63, 3.8) is 0 Å². The number of thiophene rings is 1. The quantitative estimate of drug-likeness (QED) is 0.832. The number of hydrogen-bond acceptors (Lipinski definition) is 3. The van der Waals surface area contributed by atoms with E-state index in [1.54, 1.807) is 11.3 Å². The van der Waals surface area contributed by atoms with Crippen LogP contribution in [-0.2, 0) is 5.54 Å². The van der Waals surface area contributed by atoms with Crippen LogP contribution < -0.4 is 10.6 Å². The second-order valence-corrected chi connectivity index (χ2v) is 6.92. The number of nitrogens with one attached hydrogen (secondary N) is 2. The van der Waals surface area contributed by atoms with Gasteiger partial charge >= 0.3 is 0 Å². The lowest BCUT2D eigenvalue weighted by atomic mass is 9.96. The first-order valence-corrected chi connectivity index (χ1v) is 8.53. The molecule has 2 heterocycles. The van der Waals surface area contributed by atoms with Gasteiger partial charge in [0, 0.05) is 11.1 Å². The molecule has 21 heavy (non-hydrogen) atoms. The Bertz CT molecular complexity index is 599. The summed E-state index contributed by atoms with van der Waals surface area (Å²) in [6.07, 6.45) is 6.61. The van der Waals surface area contributed by atoms with Gasteiger partial charge in [-0.15, -0.1) is 11.3 Å². The van der Waals surface area contributed by atoms with E-state index in [1.807, 2.05) is 25.3 Å². The molecule has 2 aromatic heterocycles. The smallest absolute Gasteiger partial charge is 0.172 e. The fraction of sp³-hybridized carbons (Fsp3) is 0.375. The normalized spacial score (nSPS) is 16.6. The lowest BCUT2D eigenvalue weighted by molar-refractivity contribution is 0.417. The molecule has 0 radical (unpaired) electrons. The van der Waals surface area contributed by atoms with E-state index in [0.717, 1.165) is 24.2 Å². The highest BCUT2D eigenvalue weighted by atomic mass is 32.1. The average Bonchev–Trinajstić information content (AvgIpc) is 3.12. The Morgan fingerprint density at radius 3 is 2.71 bits per heavy atom. The van der Waals surface area contributed by atoms with Crippen molar-refractivity contribution in [2.24, 2.45) is 0 Å². The number of anilines is 1. The minimum Gasteiger partial charge on any atom is -0.352 e. The first-order chi connectivity index (χ1) is 10.2. The molecule has 1 saturated carbocycles. The molecule has 3 nitrogen and oxygen atoms in total. The van der Waals surface area contributed by atoms with Crippen molar-refractivity contribution in [3.05, 3.63) is 46.3 Å². The number of aryl methyl sites for hydroxylation is 1. The minimum atomic E-state index is 0.00292. The largest absolute Gasteiger partial charge is 0.352 e. The zero-order chi connectivity index (χ0) is 14.7. The van der Waals surface area contributed by atoms with Gasteiger partial charge in [-0.2, -0.15) is 0 Å². The summed E-state index contributed by atoms with van der Waals surface area (Å²) >= 11 is 7.30. The SMILES string of the molecule is Cc1ccc(NC(=S)NC2(c3cccs3)CCCC2)nc1. The number of thiocarbonyl (C=S) groups is 1. The van der Waals surface area contributed by atoms with E-state index in [2.05, 4.69) is 33.1 Å². The van der Waals surface area contributed by atoms with E-state index in [4.69, 9.17) is 12.2 Å². The summed E-state index contributed by atoms with van der Waals surface area (Å²) in [4.78, 5) is 5.72. The molecule has 0 aliphatic heterocycles. The molecule has 0 bridgehead atoms. The Hall–Kier alpha value is -1.46. The third kappa shape index (κ3) is 3.24. The van der Waals surface area contributed by atoms with Crippen LogP contribution in [0.15, 0.2) is 35.8 Å². The van der Waals surface area contributed by atoms with Crippen LogP contribution in [-0.4, -0.2) is 10.1 Å². The first kappa shape index (κ1) is 14.5. The van der Waals surface area contributed by atoms with Gasteiger partial charge in [0.05, 0.1) is 5.54 Å². The van der Waals surface area contributed by atoms with E-state index >= 15 is 0 Å². The van der Waals surface area contributed by atoms with Gasteiger partial charge in [0.15, 0.2) is 5.11 Å². The molecule has 110 valence electrons. The Morgan fingerprint density at radius 1 is 1.29 bits per heavy atom. The highest BCUT2D eigenvalue weighted by molar-refractivity contribution is 7.80. The summed E-state index contributed by atoms with van der Waals surface area (Å²) < 4.78 is 0. The minimum absolute atomic E-state index is 0.00292. The highest BCUT2D eigenvalue weighted by Gasteiger charge is 2.37. The van der Waals surface area contributed by atoms with Crippen molar-refractivity contribution >= 4 is 34.5 Å². The third-order valence-corrected chi connectivity index (χ3v) is 5.23. The van der Waals surface area contributed by atoms with Gasteiger partial charge in [-0.05, 0) is 55.1 Å². The van der Waals surface area contributed by atoms with Crippen LogP contribution in [0.5, 0.6) is 0 Å². The van der Waals surface area contributed by atoms with Crippen molar-refractivity contribution in [1.29, 1.82) is 0 Å². The Labute approximate surface area is 134 Å². The number of hydrogen-bond donors (Lipinski definition) is 2. The maximum absolute atomic E-state index is 5.49. The van der Waals surface area contributed by atoms with Gasteiger partial charge in [0.25, 0.3) is 0 Å². The van der Waals surface area contributed by atoms with Crippen LogP contribution in [0.3, 0.4) is 0 Å². The summed E-state index contributed by atoms with van der Waals surface area (Å²) in [5.74, 6) is 0.789. The van der Waals surface area contributed by atoms with Crippen LogP contribution >= 0.6 is 23.6 Å². The zero-order valence-corrected chi connectivity index (χ0v) is 13.7. The van der Waals surface area contributed by atoms with E-state index in [9.17, 15) is 0 Å². The molecule has 0 unspecified atom stereocenters. The summed E-state index contributed by atoms with van der Waals surface area (Å²) in [6, 6.07) is 8.30. The predicted molar refractivity (Wildman–Crippen MR) is 92.8 cm³/mol. The molecule has 0 atom stereocenters. The monoisotopic (exact) mass is 317 g/mol. The molecule has 1 aliphatic rings. The van der Waals surface area contributed by atoms with E-state index in [0.29, 0.717) is 5.11 Å². The van der Waals surface area contributed by atoms with E-state index in [-0.39, 0.29) is 5.54 Å². The molecule has 0 aromatic carbocycles. The van der Waals surface area contributed by atoms with Gasteiger partial charge in [-0.3, -0.25) is 0 Å². The first-order valence-electron chi connectivity index (χ1n) is 7.24. The molecule has 0 spiro atoms. The van der Waals surface area contributed by atoms with Crippen LogP contribution in [0.25, 0.3) is 0 Å². The standard InChI is InChI=1S/C16H19N3S2/c1-12-6-7-14(17-11-12)18-15(20)19-16(8-2-3-9-16)13-5-4-10-21-13/h4-7,10-11H,2-3,8-9H2,1H3,(H2,17,18,19,20). The third-order valence-electron chi connectivity index (χ3n) is 3.96. The summed E-state index contributed by atoms with van der Waals surface area (Å²) in [7, 11) is 0. The fourth-order valence-corrected chi connectivity index (χ4v) is 4.11. The zero-order valence-electron chi connectivity index (χ0n) is 12.1. The molecule has 2 N–H and O–H groups in total. The van der Waals surface area contributed by atoms with Gasteiger partial charge in [-0.25, -0.2) is 4.98 Å². The molecule has 3 rings (SSSR count). The Morgan fingerprint density at radius 2 is 2.10 bits per heavy atom. The molecule has 2 aromatic rings. The van der Waals surface area contributed by atoms with Crippen LogP contribution in [0.1, 0.15) is 36.1 Å². The number of aromatic nitrogens is 1. The van der Waals surface area contributed by atoms with Crippen LogP contribution in [0, 0.1) is 6.92 Å². The number of pyridine rings is 1. The fourth-order valence-electron chi connectivity index (χ4n) is 2.87. The Kier molecular flexibility index (Phi) is 4.22. The molecule has 1 fully saturated rings. The van der Waals surface area contributed by atoms with E-state index in [1.165, 1.54) is 17.7 Å². The second kappa shape index (κ2) is 6.12. The molecule has 0 saturated heterocycles. The molecule has 0 amide bonds. The summed E-state index contributed by atoms with van der Waals surface area (Å²) in [5, 5.41) is 9.53. The van der Waals surface area contributed by atoms with Crippen molar-refractivity contribution in [2.45, 2.75) is 38.1 Å². The summed E-state index contributed by atoms with van der Waals surface area (Å²) in [6.45, 7) is 2.03. The second-order valence-electron chi connectivity index (χ2n) is 5.57. The van der Waals surface area contributed by atoms with Crippen LogP contribution in [0.2, 0.25) is 0 Å². The van der Waals surface area contributed by atoms with Gasteiger partial charge < -0.3 is 10.6 Å². The van der Waals surface area contributed by atoms with Crippen molar-refractivity contribution < 1.29 is 0 Å². The molecule has 5 heteroatoms. The maximum Gasteiger partial charge on any atom is 0.172 e. The summed E-state index contributed by atoms with van der Waals surface area (Å²) in [5.41, 5.74) is 1.15. The average molecular weight is 317 g/mol. The lowest BCUT2D eigenvalue weighted by Crippen LogP contribution is -2.45. The van der Waals surface area contributed by atoms with Gasteiger partial charge in [0.1, 0.15) is 5.82 Å². The molecule has 1 aliphatic carbocycles. The van der Waals surface area contributed by atoms with Gasteiger partial charge in [0.2, 0.25) is 0 Å². The molecular formula is C16H19N3S2. The van der Waals surface area contributed by atoms with Crippen molar-refractivity contribution in [2.75, 3.05) is 5.32 Å². The van der Waals surface area contributed by atoms with Crippen molar-refractivity contribution in [3.8, 4) is 0 Å². The topological polar surface area (TPSA) is 37.0 Å². The van der Waals surface area contributed by atoms with Gasteiger partial charge in [-0.1, -0.05) is 25.0 Å².